The summed E-state index contributed by atoms with van der Waals surface area (Å²) in [5, 5.41) is 8.91. The Hall–Kier alpha value is -1.38. The Morgan fingerprint density at radius 1 is 1.56 bits per heavy atom. The van der Waals surface area contributed by atoms with Crippen LogP contribution in [0.2, 0.25) is 0 Å². The van der Waals surface area contributed by atoms with Crippen molar-refractivity contribution in [2.75, 3.05) is 0 Å². The standard InChI is InChI=1S/C13H15FO2/c1-9-3-2-4-10(5-9)13(8-12(15)16)6-11(14)7-13/h2-5,11H,6-8H2,1H3,(H,15,16). The molecule has 0 spiro atoms. The van der Waals surface area contributed by atoms with E-state index in [9.17, 15) is 9.18 Å². The van der Waals surface area contributed by atoms with Gasteiger partial charge in [0.2, 0.25) is 0 Å². The zero-order valence-corrected chi connectivity index (χ0v) is 9.24. The third-order valence-corrected chi connectivity index (χ3v) is 3.34. The first-order valence-electron chi connectivity index (χ1n) is 5.45. The van der Waals surface area contributed by atoms with Crippen molar-refractivity contribution in [2.24, 2.45) is 0 Å². The summed E-state index contributed by atoms with van der Waals surface area (Å²) in [5.74, 6) is -0.853. The fourth-order valence-electron chi connectivity index (χ4n) is 2.53. The van der Waals surface area contributed by atoms with Crippen LogP contribution < -0.4 is 0 Å². The molecule has 1 aromatic carbocycles. The Morgan fingerprint density at radius 2 is 2.25 bits per heavy atom. The van der Waals surface area contributed by atoms with Crippen LogP contribution in [-0.4, -0.2) is 17.2 Å². The molecule has 0 unspecified atom stereocenters. The van der Waals surface area contributed by atoms with Crippen LogP contribution in [0.3, 0.4) is 0 Å². The summed E-state index contributed by atoms with van der Waals surface area (Å²) >= 11 is 0. The number of carboxylic acid groups (broad SMARTS) is 1. The number of benzene rings is 1. The molecular weight excluding hydrogens is 207 g/mol. The molecule has 1 saturated carbocycles. The van der Waals surface area contributed by atoms with E-state index < -0.39 is 17.6 Å². The lowest BCUT2D eigenvalue weighted by Gasteiger charge is -2.44. The summed E-state index contributed by atoms with van der Waals surface area (Å²) in [6.07, 6.45) is -0.151. The van der Waals surface area contributed by atoms with Crippen LogP contribution in [0.4, 0.5) is 4.39 Å². The number of aryl methyl sites for hydroxylation is 1. The van der Waals surface area contributed by atoms with E-state index in [4.69, 9.17) is 5.11 Å². The molecule has 0 radical (unpaired) electrons. The van der Waals surface area contributed by atoms with Crippen molar-refractivity contribution in [2.45, 2.75) is 37.8 Å². The van der Waals surface area contributed by atoms with Crippen LogP contribution in [-0.2, 0) is 10.2 Å². The van der Waals surface area contributed by atoms with Crippen molar-refractivity contribution in [3.63, 3.8) is 0 Å². The van der Waals surface area contributed by atoms with E-state index in [1.807, 2.05) is 31.2 Å². The smallest absolute Gasteiger partial charge is 0.304 e. The fraction of sp³-hybridized carbons (Fsp3) is 0.462. The van der Waals surface area contributed by atoms with Crippen molar-refractivity contribution in [1.82, 2.24) is 0 Å². The fourth-order valence-corrected chi connectivity index (χ4v) is 2.53. The molecule has 0 aliphatic heterocycles. The van der Waals surface area contributed by atoms with Crippen LogP contribution >= 0.6 is 0 Å². The van der Waals surface area contributed by atoms with Gasteiger partial charge in [0.15, 0.2) is 0 Å². The minimum atomic E-state index is -0.853. The lowest BCUT2D eigenvalue weighted by atomic mass is 9.61. The molecule has 0 atom stereocenters. The second-order valence-electron chi connectivity index (χ2n) is 4.73. The highest BCUT2D eigenvalue weighted by atomic mass is 19.1. The number of alkyl halides is 1. The number of rotatable bonds is 3. The molecule has 86 valence electrons. The first kappa shape index (κ1) is 11.1. The van der Waals surface area contributed by atoms with Crippen LogP contribution in [0.15, 0.2) is 24.3 Å². The molecule has 0 bridgehead atoms. The lowest BCUT2D eigenvalue weighted by Crippen LogP contribution is -2.44. The van der Waals surface area contributed by atoms with E-state index in [2.05, 4.69) is 0 Å². The molecule has 0 amide bonds. The largest absolute Gasteiger partial charge is 0.481 e. The highest BCUT2D eigenvalue weighted by Gasteiger charge is 2.47. The van der Waals surface area contributed by atoms with Crippen LogP contribution in [0.25, 0.3) is 0 Å². The van der Waals surface area contributed by atoms with Gasteiger partial charge < -0.3 is 5.11 Å². The molecule has 0 heterocycles. The van der Waals surface area contributed by atoms with Gasteiger partial charge in [0.1, 0.15) is 6.17 Å². The van der Waals surface area contributed by atoms with Gasteiger partial charge in [-0.25, -0.2) is 4.39 Å². The van der Waals surface area contributed by atoms with Crippen molar-refractivity contribution in [3.8, 4) is 0 Å². The van der Waals surface area contributed by atoms with Crippen molar-refractivity contribution in [3.05, 3.63) is 35.4 Å². The molecule has 2 nitrogen and oxygen atoms in total. The number of carboxylic acids is 1. The van der Waals surface area contributed by atoms with Crippen molar-refractivity contribution < 1.29 is 14.3 Å². The molecule has 2 rings (SSSR count). The Morgan fingerprint density at radius 3 is 2.75 bits per heavy atom. The van der Waals surface area contributed by atoms with Gasteiger partial charge >= 0.3 is 5.97 Å². The molecule has 3 heteroatoms. The van der Waals surface area contributed by atoms with Crippen molar-refractivity contribution in [1.29, 1.82) is 0 Å². The Labute approximate surface area is 94.1 Å². The molecule has 0 saturated heterocycles. The number of carbonyl (C=O) groups is 1. The number of hydrogen-bond donors (Lipinski definition) is 1. The van der Waals surface area contributed by atoms with E-state index in [0.29, 0.717) is 12.8 Å². The zero-order chi connectivity index (χ0) is 11.8. The first-order valence-corrected chi connectivity index (χ1v) is 5.45. The Kier molecular flexibility index (Phi) is 2.70. The minimum Gasteiger partial charge on any atom is -0.481 e. The molecule has 0 aromatic heterocycles. The average Bonchev–Trinajstić information content (AvgIpc) is 2.14. The van der Waals surface area contributed by atoms with Gasteiger partial charge in [-0.05, 0) is 25.3 Å². The molecule has 1 aliphatic rings. The topological polar surface area (TPSA) is 37.3 Å². The second kappa shape index (κ2) is 3.89. The lowest BCUT2D eigenvalue weighted by molar-refractivity contribution is -0.140. The predicted molar refractivity (Wildman–Crippen MR) is 59.2 cm³/mol. The maximum atomic E-state index is 13.1. The normalized spacial score (nSPS) is 28.5. The minimum absolute atomic E-state index is 0.0247. The highest BCUT2D eigenvalue weighted by molar-refractivity contribution is 5.69. The van der Waals surface area contributed by atoms with Gasteiger partial charge in [-0.3, -0.25) is 4.79 Å². The molecule has 1 aliphatic carbocycles. The molecular formula is C13H15FO2. The molecule has 1 fully saturated rings. The quantitative estimate of drug-likeness (QED) is 0.853. The van der Waals surface area contributed by atoms with Gasteiger partial charge in [0.25, 0.3) is 0 Å². The summed E-state index contributed by atoms with van der Waals surface area (Å²) in [4.78, 5) is 10.9. The molecule has 16 heavy (non-hydrogen) atoms. The summed E-state index contributed by atoms with van der Waals surface area (Å²) < 4.78 is 13.1. The Bertz CT molecular complexity index is 408. The van der Waals surface area contributed by atoms with Gasteiger partial charge in [-0.15, -0.1) is 0 Å². The summed E-state index contributed by atoms with van der Waals surface area (Å²) in [7, 11) is 0. The van der Waals surface area contributed by atoms with Gasteiger partial charge in [0.05, 0.1) is 6.42 Å². The van der Waals surface area contributed by atoms with E-state index in [1.165, 1.54) is 0 Å². The third-order valence-electron chi connectivity index (χ3n) is 3.34. The maximum absolute atomic E-state index is 13.1. The first-order chi connectivity index (χ1) is 7.52. The summed E-state index contributed by atoms with van der Waals surface area (Å²) in [6.45, 7) is 1.96. The van der Waals surface area contributed by atoms with E-state index in [-0.39, 0.29) is 6.42 Å². The summed E-state index contributed by atoms with van der Waals surface area (Å²) in [6, 6.07) is 7.74. The highest BCUT2D eigenvalue weighted by Crippen LogP contribution is 2.48. The predicted octanol–water partition coefficient (Wildman–Crippen LogP) is 2.84. The zero-order valence-electron chi connectivity index (χ0n) is 9.24. The van der Waals surface area contributed by atoms with E-state index >= 15 is 0 Å². The van der Waals surface area contributed by atoms with Crippen LogP contribution in [0.1, 0.15) is 30.4 Å². The second-order valence-corrected chi connectivity index (χ2v) is 4.73. The Balaban J connectivity index is 2.29. The van der Waals surface area contributed by atoms with Gasteiger partial charge in [-0.2, -0.15) is 0 Å². The van der Waals surface area contributed by atoms with E-state index in [0.717, 1.165) is 11.1 Å². The monoisotopic (exact) mass is 222 g/mol. The molecule has 1 aromatic rings. The SMILES string of the molecule is Cc1cccc(C2(CC(=O)O)CC(F)C2)c1. The number of aliphatic carboxylic acids is 1. The van der Waals surface area contributed by atoms with E-state index in [1.54, 1.807) is 0 Å². The number of halogens is 1. The average molecular weight is 222 g/mol. The maximum Gasteiger partial charge on any atom is 0.304 e. The number of hydrogen-bond acceptors (Lipinski definition) is 1. The summed E-state index contributed by atoms with van der Waals surface area (Å²) in [5.41, 5.74) is 1.57. The van der Waals surface area contributed by atoms with Crippen molar-refractivity contribution >= 4 is 5.97 Å². The van der Waals surface area contributed by atoms with Gasteiger partial charge in [-0.1, -0.05) is 29.8 Å². The third kappa shape index (κ3) is 1.94. The molecule has 1 N–H and O–H groups in total. The van der Waals surface area contributed by atoms with Gasteiger partial charge in [0, 0.05) is 5.41 Å². The van der Waals surface area contributed by atoms with Crippen LogP contribution in [0, 0.1) is 6.92 Å². The van der Waals surface area contributed by atoms with Crippen LogP contribution in [0.5, 0.6) is 0 Å².